The van der Waals surface area contributed by atoms with Crippen LogP contribution in [0.2, 0.25) is 7.96 Å². The molecule has 0 heterocycles. The molecule has 0 atom stereocenters. The van der Waals surface area contributed by atoms with Gasteiger partial charge in [0.15, 0.2) is 0 Å². The van der Waals surface area contributed by atoms with Gasteiger partial charge in [-0.25, -0.2) is 0 Å². The molecule has 0 N–H and O–H groups in total. The number of rotatable bonds is 22. The van der Waals surface area contributed by atoms with E-state index in [9.17, 15) is 0 Å². The van der Waals surface area contributed by atoms with Crippen LogP contribution in [-0.4, -0.2) is 0 Å². The van der Waals surface area contributed by atoms with Crippen molar-refractivity contribution in [3.63, 3.8) is 0 Å². The molecule has 0 saturated heterocycles. The second-order valence-electron chi connectivity index (χ2n) is 8.42. The predicted octanol–water partition coefficient (Wildman–Crippen LogP) is 9.75. The van der Waals surface area contributed by atoms with Crippen molar-refractivity contribution >= 4 is 0 Å². The van der Waals surface area contributed by atoms with Gasteiger partial charge >= 0.3 is 174 Å². The molecule has 0 aromatic rings. The standard InChI is InChI=1S/2C12H25.Cd/c2*1-3-5-7-9-11-12-10-8-6-4-2;/h2*1,3-12H2,2H3;. The third-order valence-electron chi connectivity index (χ3n) is 5.71. The summed E-state index contributed by atoms with van der Waals surface area (Å²) in [4.78, 5) is 0. The summed E-state index contributed by atoms with van der Waals surface area (Å²) < 4.78 is 3.41. The van der Waals surface area contributed by atoms with Crippen molar-refractivity contribution in [1.29, 1.82) is 0 Å². The molecule has 1 heteroatoms. The van der Waals surface area contributed by atoms with Gasteiger partial charge in [0.25, 0.3) is 0 Å². The van der Waals surface area contributed by atoms with Gasteiger partial charge in [0.2, 0.25) is 0 Å². The molecule has 0 fully saturated rings. The van der Waals surface area contributed by atoms with Crippen molar-refractivity contribution in [2.45, 2.75) is 150 Å². The Bertz CT molecular complexity index is 192. The molecule has 25 heavy (non-hydrogen) atoms. The Labute approximate surface area is 173 Å². The van der Waals surface area contributed by atoms with E-state index in [2.05, 4.69) is 13.8 Å². The Morgan fingerprint density at radius 3 is 0.840 bits per heavy atom. The van der Waals surface area contributed by atoms with Crippen LogP contribution in [-0.2, 0) is 24.2 Å². The van der Waals surface area contributed by atoms with Gasteiger partial charge in [-0.1, -0.05) is 0 Å². The average molecular weight is 451 g/mol. The fraction of sp³-hybridized carbons (Fsp3) is 1.00. The first-order valence-electron chi connectivity index (χ1n) is 12.4. The zero-order chi connectivity index (χ0) is 18.3. The fourth-order valence-corrected chi connectivity index (χ4v) is 8.90. The van der Waals surface area contributed by atoms with Crippen LogP contribution in [0, 0.1) is 0 Å². The van der Waals surface area contributed by atoms with E-state index in [-0.39, 0.29) is 24.2 Å². The van der Waals surface area contributed by atoms with E-state index in [4.69, 9.17) is 0 Å². The molecular formula is C24H50Cd. The molecule has 0 radical (unpaired) electrons. The number of hydrogen-bond acceptors (Lipinski definition) is 0. The predicted molar refractivity (Wildman–Crippen MR) is 113 cm³/mol. The van der Waals surface area contributed by atoms with E-state index < -0.39 is 0 Å². The first-order chi connectivity index (χ1) is 12.4. The van der Waals surface area contributed by atoms with Crippen molar-refractivity contribution in [3.8, 4) is 0 Å². The summed E-state index contributed by atoms with van der Waals surface area (Å²) in [6.45, 7) is 4.61. The second kappa shape index (κ2) is 24.9. The van der Waals surface area contributed by atoms with Crippen LogP contribution in [0.3, 0.4) is 0 Å². The summed E-state index contributed by atoms with van der Waals surface area (Å²) >= 11 is -0.305. The van der Waals surface area contributed by atoms with Crippen LogP contribution in [0.1, 0.15) is 142 Å². The zero-order valence-electron chi connectivity index (χ0n) is 18.3. The monoisotopic (exact) mass is 452 g/mol. The molecule has 148 valence electrons. The van der Waals surface area contributed by atoms with E-state index in [1.807, 2.05) is 0 Å². The average Bonchev–Trinajstić information content (AvgIpc) is 2.63. The van der Waals surface area contributed by atoms with Crippen LogP contribution in [0.4, 0.5) is 0 Å². The molecule has 0 saturated carbocycles. The summed E-state index contributed by atoms with van der Waals surface area (Å²) in [5, 5.41) is 0. The van der Waals surface area contributed by atoms with E-state index in [1.165, 1.54) is 103 Å². The SMILES string of the molecule is CCCCCCCCCCC[CH2][Cd][CH2]CCCCCCCCCCC. The van der Waals surface area contributed by atoms with E-state index in [0.29, 0.717) is 0 Å². The van der Waals surface area contributed by atoms with Gasteiger partial charge in [0.1, 0.15) is 0 Å². The van der Waals surface area contributed by atoms with E-state index in [0.717, 1.165) is 0 Å². The first-order valence-corrected chi connectivity index (χ1v) is 18.1. The first kappa shape index (κ1) is 25.9. The van der Waals surface area contributed by atoms with Crippen LogP contribution in [0.5, 0.6) is 0 Å². The van der Waals surface area contributed by atoms with Gasteiger partial charge in [-0.3, -0.25) is 0 Å². The minimum atomic E-state index is -0.305. The zero-order valence-corrected chi connectivity index (χ0v) is 22.3. The summed E-state index contributed by atoms with van der Waals surface area (Å²) in [6, 6.07) is 0. The Balaban J connectivity index is 2.94. The Hall–Kier alpha value is 0.922. The normalized spacial score (nSPS) is 11.0. The maximum atomic E-state index is 2.31. The molecule has 0 aliphatic carbocycles. The van der Waals surface area contributed by atoms with Crippen LogP contribution in [0.25, 0.3) is 0 Å². The molecule has 0 aromatic heterocycles. The molecular weight excluding hydrogens is 401 g/mol. The summed E-state index contributed by atoms with van der Waals surface area (Å²) in [5.74, 6) is 0. The third-order valence-corrected chi connectivity index (χ3v) is 11.4. The van der Waals surface area contributed by atoms with Crippen LogP contribution < -0.4 is 0 Å². The summed E-state index contributed by atoms with van der Waals surface area (Å²) in [7, 11) is 0. The Morgan fingerprint density at radius 1 is 0.320 bits per heavy atom. The Kier molecular flexibility index (Phi) is 25.8. The Morgan fingerprint density at radius 2 is 0.560 bits per heavy atom. The summed E-state index contributed by atoms with van der Waals surface area (Å²) in [5.41, 5.74) is 0. The van der Waals surface area contributed by atoms with Gasteiger partial charge in [-0.05, 0) is 0 Å². The second-order valence-corrected chi connectivity index (χ2v) is 14.5. The molecule has 0 aromatic carbocycles. The molecule has 0 rings (SSSR count). The molecule has 0 unspecified atom stereocenters. The maximum absolute atomic E-state index is 2.31. The van der Waals surface area contributed by atoms with Crippen molar-refractivity contribution in [3.05, 3.63) is 0 Å². The van der Waals surface area contributed by atoms with E-state index in [1.54, 1.807) is 33.6 Å². The summed E-state index contributed by atoms with van der Waals surface area (Å²) in [6.07, 6.45) is 29.9. The topological polar surface area (TPSA) is 0 Å². The molecule has 0 spiro atoms. The molecule has 0 aliphatic rings. The van der Waals surface area contributed by atoms with Gasteiger partial charge in [-0.15, -0.1) is 0 Å². The van der Waals surface area contributed by atoms with Gasteiger partial charge < -0.3 is 0 Å². The van der Waals surface area contributed by atoms with Gasteiger partial charge in [-0.2, -0.15) is 0 Å². The van der Waals surface area contributed by atoms with E-state index >= 15 is 0 Å². The number of unbranched alkanes of at least 4 members (excludes halogenated alkanes) is 18. The van der Waals surface area contributed by atoms with Crippen LogP contribution >= 0.6 is 0 Å². The molecule has 0 amide bonds. The van der Waals surface area contributed by atoms with Crippen molar-refractivity contribution < 1.29 is 24.2 Å². The molecule has 0 bridgehead atoms. The molecule has 0 nitrogen and oxygen atoms in total. The van der Waals surface area contributed by atoms with Crippen molar-refractivity contribution in [2.24, 2.45) is 0 Å². The quantitative estimate of drug-likeness (QED) is 0.114. The van der Waals surface area contributed by atoms with Gasteiger partial charge in [0, 0.05) is 0 Å². The van der Waals surface area contributed by atoms with Crippen LogP contribution in [0.15, 0.2) is 0 Å². The third kappa shape index (κ3) is 24.9. The minimum absolute atomic E-state index is 0.305. The fourth-order valence-electron chi connectivity index (χ4n) is 3.86. The van der Waals surface area contributed by atoms with Crippen molar-refractivity contribution in [2.75, 3.05) is 0 Å². The van der Waals surface area contributed by atoms with Gasteiger partial charge in [0.05, 0.1) is 0 Å². The molecule has 0 aliphatic heterocycles. The number of hydrogen-bond donors (Lipinski definition) is 0. The van der Waals surface area contributed by atoms with Crippen molar-refractivity contribution in [1.82, 2.24) is 0 Å².